The van der Waals surface area contributed by atoms with E-state index in [2.05, 4.69) is 21.2 Å². The molecule has 6 heteroatoms. The lowest BCUT2D eigenvalue weighted by Gasteiger charge is -2.19. The first-order valence-electron chi connectivity index (χ1n) is 6.63. The van der Waals surface area contributed by atoms with Gasteiger partial charge in [0.2, 0.25) is 0 Å². The van der Waals surface area contributed by atoms with Crippen molar-refractivity contribution in [2.75, 3.05) is 5.32 Å². The molecule has 116 valence electrons. The van der Waals surface area contributed by atoms with Gasteiger partial charge in [-0.25, -0.2) is 4.79 Å². The van der Waals surface area contributed by atoms with E-state index in [1.807, 2.05) is 0 Å². The number of carbonyl (C=O) groups excluding carboxylic acids is 2. The Morgan fingerprint density at radius 1 is 1.27 bits per heavy atom. The molecule has 0 bridgehead atoms. The Morgan fingerprint density at radius 3 is 2.59 bits per heavy atom. The average molecular weight is 366 g/mol. The summed E-state index contributed by atoms with van der Waals surface area (Å²) in [4.78, 5) is 22.5. The van der Waals surface area contributed by atoms with E-state index in [1.54, 1.807) is 51.1 Å². The number of hydrogen-bond acceptors (Lipinski definition) is 4. The Balaban J connectivity index is 2.23. The van der Waals surface area contributed by atoms with Crippen LogP contribution in [0.1, 0.15) is 31.3 Å². The molecule has 0 aliphatic carbocycles. The Hall–Kier alpha value is -2.08. The van der Waals surface area contributed by atoms with Gasteiger partial charge in [0.15, 0.2) is 12.0 Å². The van der Waals surface area contributed by atoms with E-state index in [9.17, 15) is 9.59 Å². The van der Waals surface area contributed by atoms with Crippen molar-refractivity contribution in [1.29, 1.82) is 0 Å². The topological polar surface area (TPSA) is 68.5 Å². The molecule has 0 fully saturated rings. The molecule has 1 aromatic carbocycles. The van der Waals surface area contributed by atoms with E-state index >= 15 is 0 Å². The number of hydrogen-bond donors (Lipinski definition) is 1. The molecule has 5 nitrogen and oxygen atoms in total. The highest BCUT2D eigenvalue weighted by Gasteiger charge is 2.17. The lowest BCUT2D eigenvalue weighted by atomic mass is 10.1. The van der Waals surface area contributed by atoms with Crippen molar-refractivity contribution in [1.82, 2.24) is 0 Å². The monoisotopic (exact) mass is 365 g/mol. The summed E-state index contributed by atoms with van der Waals surface area (Å²) in [6.07, 6.45) is 0.106. The van der Waals surface area contributed by atoms with Gasteiger partial charge >= 0.3 is 6.09 Å². The van der Waals surface area contributed by atoms with Crippen molar-refractivity contribution in [2.45, 2.75) is 26.4 Å². The van der Waals surface area contributed by atoms with Crippen LogP contribution in [0.15, 0.2) is 39.2 Å². The fourth-order valence-corrected chi connectivity index (χ4v) is 2.22. The molecule has 0 aliphatic rings. The van der Waals surface area contributed by atoms with Crippen LogP contribution in [0.2, 0.25) is 0 Å². The van der Waals surface area contributed by atoms with Crippen molar-refractivity contribution >= 4 is 34.0 Å². The SMILES string of the molecule is CC(C)(C)OC(=O)Nc1ccc(Br)c(-c2ccc(C=O)o2)c1. The van der Waals surface area contributed by atoms with Crippen LogP contribution < -0.4 is 5.32 Å². The number of carbonyl (C=O) groups is 2. The minimum absolute atomic E-state index is 0.243. The number of ether oxygens (including phenoxy) is 1. The zero-order valence-corrected chi connectivity index (χ0v) is 14.1. The largest absolute Gasteiger partial charge is 0.453 e. The quantitative estimate of drug-likeness (QED) is 0.787. The van der Waals surface area contributed by atoms with Crippen LogP contribution in [0.5, 0.6) is 0 Å². The molecule has 0 aliphatic heterocycles. The van der Waals surface area contributed by atoms with Gasteiger partial charge in [0.1, 0.15) is 11.4 Å². The third kappa shape index (κ3) is 4.21. The normalized spacial score (nSPS) is 11.1. The summed E-state index contributed by atoms with van der Waals surface area (Å²) in [5.41, 5.74) is 0.723. The molecule has 0 atom stereocenters. The lowest BCUT2D eigenvalue weighted by molar-refractivity contribution is 0.0636. The highest BCUT2D eigenvalue weighted by Crippen LogP contribution is 2.32. The highest BCUT2D eigenvalue weighted by atomic mass is 79.9. The van der Waals surface area contributed by atoms with E-state index in [0.717, 1.165) is 10.0 Å². The minimum atomic E-state index is -0.567. The van der Waals surface area contributed by atoms with Gasteiger partial charge < -0.3 is 9.15 Å². The first-order valence-corrected chi connectivity index (χ1v) is 7.43. The number of furan rings is 1. The van der Waals surface area contributed by atoms with Gasteiger partial charge in [-0.05, 0) is 51.1 Å². The summed E-state index contributed by atoms with van der Waals surface area (Å²) in [5.74, 6) is 0.772. The van der Waals surface area contributed by atoms with Crippen molar-refractivity contribution in [3.8, 4) is 11.3 Å². The second kappa shape index (κ2) is 6.36. The molecule has 0 unspecified atom stereocenters. The molecular formula is C16H16BrNO4. The molecular weight excluding hydrogens is 350 g/mol. The smallest absolute Gasteiger partial charge is 0.412 e. The third-order valence-electron chi connectivity index (χ3n) is 2.62. The lowest BCUT2D eigenvalue weighted by Crippen LogP contribution is -2.27. The van der Waals surface area contributed by atoms with Crippen LogP contribution in [0.4, 0.5) is 10.5 Å². The van der Waals surface area contributed by atoms with Crippen LogP contribution >= 0.6 is 15.9 Å². The fraction of sp³-hybridized carbons (Fsp3) is 0.250. The van der Waals surface area contributed by atoms with Gasteiger partial charge in [0, 0.05) is 15.7 Å². The number of rotatable bonds is 3. The predicted octanol–water partition coefficient (Wildman–Crippen LogP) is 4.87. The Morgan fingerprint density at radius 2 is 2.00 bits per heavy atom. The first kappa shape index (κ1) is 16.3. The van der Waals surface area contributed by atoms with Gasteiger partial charge in [-0.15, -0.1) is 0 Å². The van der Waals surface area contributed by atoms with Crippen LogP contribution in [0.25, 0.3) is 11.3 Å². The number of aldehydes is 1. The second-order valence-electron chi connectivity index (χ2n) is 5.64. The van der Waals surface area contributed by atoms with Crippen molar-refractivity contribution in [2.24, 2.45) is 0 Å². The summed E-state index contributed by atoms with van der Waals surface area (Å²) in [6, 6.07) is 8.54. The maximum Gasteiger partial charge on any atom is 0.412 e. The van der Waals surface area contributed by atoms with Crippen molar-refractivity contribution < 1.29 is 18.7 Å². The molecule has 1 amide bonds. The Bertz CT molecular complexity index is 700. The Kier molecular flexibility index (Phi) is 4.71. The summed E-state index contributed by atoms with van der Waals surface area (Å²) in [6.45, 7) is 5.39. The standard InChI is InChI=1S/C16H16BrNO4/c1-16(2,3)22-15(20)18-10-4-6-13(17)12(8-10)14-7-5-11(9-19)21-14/h4-9H,1-3H3,(H,18,20). The maximum atomic E-state index is 11.8. The van der Waals surface area contributed by atoms with Crippen LogP contribution in [0, 0.1) is 0 Å². The van der Waals surface area contributed by atoms with Crippen LogP contribution in [0.3, 0.4) is 0 Å². The number of nitrogens with one attached hydrogen (secondary N) is 1. The van der Waals surface area contributed by atoms with Crippen molar-refractivity contribution in [3.63, 3.8) is 0 Å². The molecule has 0 saturated carbocycles. The van der Waals surface area contributed by atoms with E-state index < -0.39 is 11.7 Å². The summed E-state index contributed by atoms with van der Waals surface area (Å²) >= 11 is 3.42. The summed E-state index contributed by atoms with van der Waals surface area (Å²) in [5, 5.41) is 2.66. The fourth-order valence-electron chi connectivity index (χ4n) is 1.77. The zero-order valence-electron chi connectivity index (χ0n) is 12.5. The van der Waals surface area contributed by atoms with Gasteiger partial charge in [-0.2, -0.15) is 0 Å². The molecule has 22 heavy (non-hydrogen) atoms. The van der Waals surface area contributed by atoms with E-state index in [1.165, 1.54) is 0 Å². The van der Waals surface area contributed by atoms with Gasteiger partial charge in [0.05, 0.1) is 0 Å². The summed E-state index contributed by atoms with van der Waals surface area (Å²) < 4.78 is 11.4. The molecule has 0 saturated heterocycles. The molecule has 1 N–H and O–H groups in total. The molecule has 2 rings (SSSR count). The maximum absolute atomic E-state index is 11.8. The number of amides is 1. The molecule has 1 aromatic heterocycles. The van der Waals surface area contributed by atoms with Crippen LogP contribution in [-0.2, 0) is 4.74 Å². The number of benzene rings is 1. The molecule has 0 radical (unpaired) electrons. The van der Waals surface area contributed by atoms with Gasteiger partial charge in [0.25, 0.3) is 0 Å². The van der Waals surface area contributed by atoms with Gasteiger partial charge in [-0.3, -0.25) is 10.1 Å². The highest BCUT2D eigenvalue weighted by molar-refractivity contribution is 9.10. The Labute approximate surface area is 136 Å². The van der Waals surface area contributed by atoms with E-state index in [-0.39, 0.29) is 5.76 Å². The number of anilines is 1. The van der Waals surface area contributed by atoms with Crippen LogP contribution in [-0.4, -0.2) is 18.0 Å². The van der Waals surface area contributed by atoms with Gasteiger partial charge in [-0.1, -0.05) is 15.9 Å². The average Bonchev–Trinajstić information content (AvgIpc) is 2.87. The molecule has 1 heterocycles. The van der Waals surface area contributed by atoms with E-state index in [0.29, 0.717) is 17.7 Å². The first-order chi connectivity index (χ1) is 10.3. The van der Waals surface area contributed by atoms with E-state index in [4.69, 9.17) is 9.15 Å². The molecule has 0 spiro atoms. The minimum Gasteiger partial charge on any atom is -0.453 e. The second-order valence-corrected chi connectivity index (χ2v) is 6.50. The zero-order chi connectivity index (χ0) is 16.3. The third-order valence-corrected chi connectivity index (χ3v) is 3.31. The number of halogens is 1. The summed E-state index contributed by atoms with van der Waals surface area (Å²) in [7, 11) is 0. The predicted molar refractivity (Wildman–Crippen MR) is 87.1 cm³/mol. The van der Waals surface area contributed by atoms with Crippen molar-refractivity contribution in [3.05, 3.63) is 40.6 Å². The molecule has 2 aromatic rings.